The van der Waals surface area contributed by atoms with E-state index < -0.39 is 8.32 Å². The van der Waals surface area contributed by atoms with Crippen LogP contribution in [0.15, 0.2) is 0 Å². The zero-order chi connectivity index (χ0) is 20.1. The minimum Gasteiger partial charge on any atom is -0.406 e. The van der Waals surface area contributed by atoms with Gasteiger partial charge in [-0.05, 0) is 24.6 Å². The normalized spacial score (nSPS) is 11.4. The molecule has 0 spiro atoms. The van der Waals surface area contributed by atoms with Crippen molar-refractivity contribution in [3.8, 4) is 11.8 Å². The van der Waals surface area contributed by atoms with E-state index in [1.807, 2.05) is 0 Å². The highest BCUT2D eigenvalue weighted by atomic mass is 28.4. The Hall–Kier alpha value is -0.263. The van der Waals surface area contributed by atoms with Crippen LogP contribution in [0, 0.1) is 11.8 Å². The summed E-state index contributed by atoms with van der Waals surface area (Å²) in [6.45, 7) is 9.90. The molecule has 2 heteroatoms. The lowest BCUT2D eigenvalue weighted by atomic mass is 10.1. The van der Waals surface area contributed by atoms with Gasteiger partial charge in [-0.1, -0.05) is 117 Å². The van der Waals surface area contributed by atoms with Gasteiger partial charge >= 0.3 is 0 Å². The number of unbranched alkanes of at least 4 members (excludes halogenated alkanes) is 11. The zero-order valence-electron chi connectivity index (χ0n) is 19.3. The van der Waals surface area contributed by atoms with E-state index in [-0.39, 0.29) is 0 Å². The van der Waals surface area contributed by atoms with Crippen LogP contribution in [0.2, 0.25) is 18.1 Å². The van der Waals surface area contributed by atoms with Gasteiger partial charge in [0.15, 0.2) is 8.32 Å². The molecule has 1 nitrogen and oxygen atoms in total. The molecule has 0 saturated carbocycles. The Morgan fingerprint density at radius 1 is 0.519 bits per heavy atom. The molecule has 0 aromatic rings. The first-order valence-electron chi connectivity index (χ1n) is 12.3. The summed E-state index contributed by atoms with van der Waals surface area (Å²) in [5.74, 6) is 6.74. The SMILES string of the molecule is CCCCCCCCCCC#CCO[Si](CCCC)(CCCC)CCCC. The van der Waals surface area contributed by atoms with Crippen LogP contribution in [0.4, 0.5) is 0 Å². The van der Waals surface area contributed by atoms with E-state index in [1.54, 1.807) is 0 Å². The van der Waals surface area contributed by atoms with E-state index in [0.29, 0.717) is 6.61 Å². The quantitative estimate of drug-likeness (QED) is 0.121. The topological polar surface area (TPSA) is 9.23 Å². The minimum absolute atomic E-state index is 0.695. The average Bonchev–Trinajstić information content (AvgIpc) is 2.69. The number of rotatable bonds is 19. The van der Waals surface area contributed by atoms with Crippen molar-refractivity contribution in [2.24, 2.45) is 0 Å². The highest BCUT2D eigenvalue weighted by Gasteiger charge is 2.32. The lowest BCUT2D eigenvalue weighted by Gasteiger charge is -2.31. The van der Waals surface area contributed by atoms with Gasteiger partial charge in [-0.3, -0.25) is 0 Å². The van der Waals surface area contributed by atoms with E-state index in [1.165, 1.54) is 108 Å². The number of hydrogen-bond donors (Lipinski definition) is 0. The molecule has 0 saturated heterocycles. The maximum Gasteiger partial charge on any atom is 0.194 e. The molecule has 0 N–H and O–H groups in total. The van der Waals surface area contributed by atoms with Crippen molar-refractivity contribution in [2.45, 2.75) is 142 Å². The van der Waals surface area contributed by atoms with Crippen LogP contribution in [0.3, 0.4) is 0 Å². The molecule has 0 atom stereocenters. The van der Waals surface area contributed by atoms with Crippen molar-refractivity contribution in [1.82, 2.24) is 0 Å². The molecule has 27 heavy (non-hydrogen) atoms. The molecule has 0 unspecified atom stereocenters. The zero-order valence-corrected chi connectivity index (χ0v) is 20.3. The van der Waals surface area contributed by atoms with Gasteiger partial charge in [0.05, 0.1) is 6.61 Å². The van der Waals surface area contributed by atoms with Gasteiger partial charge < -0.3 is 4.43 Å². The Kier molecular flexibility index (Phi) is 20.3. The van der Waals surface area contributed by atoms with E-state index in [9.17, 15) is 0 Å². The Labute approximate surface area is 173 Å². The van der Waals surface area contributed by atoms with Crippen molar-refractivity contribution in [3.05, 3.63) is 0 Å². The molecular formula is C25H50OSi. The van der Waals surface area contributed by atoms with Crippen LogP contribution in [0.5, 0.6) is 0 Å². The summed E-state index contributed by atoms with van der Waals surface area (Å²) in [4.78, 5) is 0. The fourth-order valence-corrected chi connectivity index (χ4v) is 8.32. The fourth-order valence-electron chi connectivity index (χ4n) is 3.76. The summed E-state index contributed by atoms with van der Waals surface area (Å²) in [5, 5.41) is 0. The highest BCUT2D eigenvalue weighted by Crippen LogP contribution is 2.29. The lowest BCUT2D eigenvalue weighted by molar-refractivity contribution is 0.341. The molecular weight excluding hydrogens is 344 g/mol. The highest BCUT2D eigenvalue weighted by molar-refractivity contribution is 6.73. The second kappa shape index (κ2) is 20.5. The maximum atomic E-state index is 6.58. The predicted octanol–water partition coefficient (Wildman–Crippen LogP) is 8.88. The van der Waals surface area contributed by atoms with Gasteiger partial charge in [-0.15, -0.1) is 5.92 Å². The number of hydrogen-bond acceptors (Lipinski definition) is 1. The molecule has 0 aromatic heterocycles. The standard InChI is InChI=1S/C25H50OSi/c1-5-9-13-14-15-16-17-18-19-20-21-22-26-27(23-10-6-2,24-11-7-3)25-12-8-4/h5-19,22-25H2,1-4H3. The van der Waals surface area contributed by atoms with Gasteiger partial charge in [0.1, 0.15) is 0 Å². The van der Waals surface area contributed by atoms with E-state index in [2.05, 4.69) is 39.5 Å². The van der Waals surface area contributed by atoms with Crippen LogP contribution in [-0.4, -0.2) is 14.9 Å². The molecule has 0 fully saturated rings. The van der Waals surface area contributed by atoms with Crippen LogP contribution < -0.4 is 0 Å². The molecule has 0 radical (unpaired) electrons. The molecule has 0 aliphatic carbocycles. The second-order valence-electron chi connectivity index (χ2n) is 8.36. The van der Waals surface area contributed by atoms with Gasteiger partial charge in [0, 0.05) is 6.42 Å². The van der Waals surface area contributed by atoms with Crippen LogP contribution in [-0.2, 0) is 4.43 Å². The smallest absolute Gasteiger partial charge is 0.194 e. The van der Waals surface area contributed by atoms with E-state index >= 15 is 0 Å². The van der Waals surface area contributed by atoms with Gasteiger partial charge in [0.25, 0.3) is 0 Å². The maximum absolute atomic E-state index is 6.58. The summed E-state index contributed by atoms with van der Waals surface area (Å²) in [7, 11) is -1.56. The molecule has 0 rings (SSSR count). The molecule has 0 aliphatic heterocycles. The third kappa shape index (κ3) is 16.4. The summed E-state index contributed by atoms with van der Waals surface area (Å²) in [5.41, 5.74) is 0. The molecule has 0 heterocycles. The van der Waals surface area contributed by atoms with Crippen molar-refractivity contribution < 1.29 is 4.43 Å². The molecule has 0 aliphatic rings. The largest absolute Gasteiger partial charge is 0.406 e. The minimum atomic E-state index is -1.56. The first-order chi connectivity index (χ1) is 13.2. The van der Waals surface area contributed by atoms with Crippen molar-refractivity contribution in [1.29, 1.82) is 0 Å². The van der Waals surface area contributed by atoms with Crippen LogP contribution in [0.25, 0.3) is 0 Å². The van der Waals surface area contributed by atoms with E-state index in [4.69, 9.17) is 4.43 Å². The third-order valence-corrected chi connectivity index (χ3v) is 10.2. The second-order valence-corrected chi connectivity index (χ2v) is 12.5. The summed E-state index contributed by atoms with van der Waals surface area (Å²) < 4.78 is 6.58. The van der Waals surface area contributed by atoms with Crippen molar-refractivity contribution in [2.75, 3.05) is 6.61 Å². The van der Waals surface area contributed by atoms with Gasteiger partial charge in [-0.25, -0.2) is 0 Å². The third-order valence-electron chi connectivity index (χ3n) is 5.69. The molecule has 0 aromatic carbocycles. The first-order valence-corrected chi connectivity index (χ1v) is 14.9. The van der Waals surface area contributed by atoms with Crippen molar-refractivity contribution >= 4 is 8.32 Å². The summed E-state index contributed by atoms with van der Waals surface area (Å²) >= 11 is 0. The Bertz CT molecular complexity index is 333. The summed E-state index contributed by atoms with van der Waals surface area (Å²) in [6.07, 6.45) is 20.0. The Morgan fingerprint density at radius 2 is 0.963 bits per heavy atom. The monoisotopic (exact) mass is 394 g/mol. The predicted molar refractivity (Wildman–Crippen MR) is 126 cm³/mol. The van der Waals surface area contributed by atoms with Crippen LogP contribution in [0.1, 0.15) is 124 Å². The summed E-state index contributed by atoms with van der Waals surface area (Å²) in [6, 6.07) is 4.05. The Morgan fingerprint density at radius 3 is 1.44 bits per heavy atom. The van der Waals surface area contributed by atoms with Gasteiger partial charge in [-0.2, -0.15) is 0 Å². The molecule has 0 amide bonds. The molecule has 160 valence electrons. The fraction of sp³-hybridized carbons (Fsp3) is 0.920. The van der Waals surface area contributed by atoms with Crippen molar-refractivity contribution in [3.63, 3.8) is 0 Å². The van der Waals surface area contributed by atoms with Crippen LogP contribution >= 0.6 is 0 Å². The first kappa shape index (κ1) is 26.7. The Balaban J connectivity index is 4.10. The average molecular weight is 395 g/mol. The van der Waals surface area contributed by atoms with E-state index in [0.717, 1.165) is 6.42 Å². The van der Waals surface area contributed by atoms with Gasteiger partial charge in [0.2, 0.25) is 0 Å². The lowest BCUT2D eigenvalue weighted by Crippen LogP contribution is -2.38. The molecule has 0 bridgehead atoms.